The average Bonchev–Trinajstić information content (AvgIpc) is 4.13. The number of thiophene rings is 2. The van der Waals surface area contributed by atoms with Crippen molar-refractivity contribution in [3.8, 4) is 22.3 Å². The van der Waals surface area contributed by atoms with E-state index in [-0.39, 0.29) is 0 Å². The summed E-state index contributed by atoms with van der Waals surface area (Å²) in [6.07, 6.45) is 0. The molecule has 76 heavy (non-hydrogen) atoms. The van der Waals surface area contributed by atoms with Crippen molar-refractivity contribution in [3.05, 3.63) is 254 Å². The minimum atomic E-state index is 0.337. The van der Waals surface area contributed by atoms with Crippen LogP contribution in [0, 0.1) is 0 Å². The van der Waals surface area contributed by atoms with Crippen LogP contribution in [-0.4, -0.2) is 0 Å². The van der Waals surface area contributed by atoms with Gasteiger partial charge in [0.05, 0.1) is 11.4 Å². The molecule has 0 bridgehead atoms. The zero-order valence-corrected chi connectivity index (χ0v) is 44.6. The molecule has 2 aromatic heterocycles. The lowest BCUT2D eigenvalue weighted by molar-refractivity contribution is 0.868. The van der Waals surface area contributed by atoms with E-state index in [1.807, 2.05) is 22.7 Å². The minimum absolute atomic E-state index is 0.337. The van der Waals surface area contributed by atoms with Gasteiger partial charge in [0.25, 0.3) is 0 Å². The first-order chi connectivity index (χ1) is 37.3. The van der Waals surface area contributed by atoms with E-state index in [2.05, 4.69) is 280 Å². The molecule has 14 rings (SSSR count). The van der Waals surface area contributed by atoms with E-state index in [0.717, 1.165) is 34.1 Å². The highest BCUT2D eigenvalue weighted by molar-refractivity contribution is 7.26. The molecule has 0 fully saturated rings. The van der Waals surface area contributed by atoms with Crippen molar-refractivity contribution in [3.63, 3.8) is 0 Å². The van der Waals surface area contributed by atoms with Crippen molar-refractivity contribution in [1.82, 2.24) is 0 Å². The Morgan fingerprint density at radius 3 is 1.09 bits per heavy atom. The SMILES string of the molecule is CC(C)c1ccc2c(c1)c(N(c1ccccc1)c1cccc(-c3cccc4c3sc3ccccc34)c1)cc1c3ccc(C(C)C)cc3c(N(c3ccccc3)c3cccc(-c4cccc5c4sc4ccccc45)c3)cc21. The molecule has 0 aliphatic rings. The van der Waals surface area contributed by atoms with E-state index in [1.54, 1.807) is 0 Å². The lowest BCUT2D eigenvalue weighted by Gasteiger charge is -2.30. The summed E-state index contributed by atoms with van der Waals surface area (Å²) in [6.45, 7) is 9.22. The van der Waals surface area contributed by atoms with Crippen LogP contribution < -0.4 is 9.80 Å². The van der Waals surface area contributed by atoms with Gasteiger partial charge >= 0.3 is 0 Å². The summed E-state index contributed by atoms with van der Waals surface area (Å²) in [6, 6.07) is 90.9. The highest BCUT2D eigenvalue weighted by Crippen LogP contribution is 2.50. The summed E-state index contributed by atoms with van der Waals surface area (Å²) >= 11 is 3.77. The van der Waals surface area contributed by atoms with Gasteiger partial charge in [-0.2, -0.15) is 0 Å². The number of anilines is 6. The molecule has 2 nitrogen and oxygen atoms in total. The van der Waals surface area contributed by atoms with Gasteiger partial charge in [-0.15, -0.1) is 22.7 Å². The van der Waals surface area contributed by atoms with Crippen molar-refractivity contribution >= 4 is 129 Å². The quantitative estimate of drug-likeness (QED) is 0.126. The Bertz CT molecular complexity index is 4250. The number of para-hydroxylation sites is 2. The molecular formula is C72H54N2S2. The predicted molar refractivity (Wildman–Crippen MR) is 333 cm³/mol. The van der Waals surface area contributed by atoms with E-state index in [4.69, 9.17) is 0 Å². The van der Waals surface area contributed by atoms with Crippen molar-refractivity contribution in [1.29, 1.82) is 0 Å². The molecule has 2 heterocycles. The molecule has 0 aliphatic carbocycles. The van der Waals surface area contributed by atoms with Crippen LogP contribution in [0.25, 0.3) is 94.9 Å². The molecule has 364 valence electrons. The molecule has 4 heteroatoms. The molecule has 14 aromatic rings. The topological polar surface area (TPSA) is 6.48 Å². The Balaban J connectivity index is 1.02. The average molecular weight is 1010 g/mol. The lowest BCUT2D eigenvalue weighted by Crippen LogP contribution is -2.12. The Kier molecular flexibility index (Phi) is 11.3. The number of nitrogens with zero attached hydrogens (tertiary/aromatic N) is 2. The highest BCUT2D eigenvalue weighted by Gasteiger charge is 2.25. The van der Waals surface area contributed by atoms with Gasteiger partial charge in [0, 0.05) is 73.9 Å². The van der Waals surface area contributed by atoms with E-state index in [1.165, 1.54) is 106 Å². The maximum atomic E-state index is 2.50. The Hall–Kier alpha value is -8.54. The monoisotopic (exact) mass is 1010 g/mol. The van der Waals surface area contributed by atoms with Crippen molar-refractivity contribution < 1.29 is 0 Å². The highest BCUT2D eigenvalue weighted by atomic mass is 32.1. The third-order valence-corrected chi connectivity index (χ3v) is 18.0. The van der Waals surface area contributed by atoms with Gasteiger partial charge in [-0.25, -0.2) is 0 Å². The van der Waals surface area contributed by atoms with E-state index >= 15 is 0 Å². The Labute approximate surface area is 452 Å². The van der Waals surface area contributed by atoms with Crippen LogP contribution >= 0.6 is 22.7 Å². The number of rotatable bonds is 10. The van der Waals surface area contributed by atoms with Gasteiger partial charge in [-0.1, -0.05) is 185 Å². The number of hydrogen-bond acceptors (Lipinski definition) is 4. The smallest absolute Gasteiger partial charge is 0.0546 e. The van der Waals surface area contributed by atoms with Crippen molar-refractivity contribution in [2.75, 3.05) is 9.80 Å². The predicted octanol–water partition coefficient (Wildman–Crippen LogP) is 22.4. The second-order valence-electron chi connectivity index (χ2n) is 20.8. The van der Waals surface area contributed by atoms with Gasteiger partial charge in [0.1, 0.15) is 0 Å². The largest absolute Gasteiger partial charge is 0.310 e. The maximum absolute atomic E-state index is 2.50. The van der Waals surface area contributed by atoms with Gasteiger partial charge in [0.2, 0.25) is 0 Å². The summed E-state index contributed by atoms with van der Waals surface area (Å²) in [7, 11) is 0. The number of fused-ring (bicyclic) bond motifs is 11. The zero-order chi connectivity index (χ0) is 51.0. The molecule has 0 atom stereocenters. The summed E-state index contributed by atoms with van der Waals surface area (Å²) in [5, 5.41) is 12.6. The lowest BCUT2D eigenvalue weighted by atomic mass is 9.89. The van der Waals surface area contributed by atoms with Gasteiger partial charge in [0.15, 0.2) is 0 Å². The summed E-state index contributed by atoms with van der Waals surface area (Å²) < 4.78 is 5.26. The van der Waals surface area contributed by atoms with Crippen LogP contribution in [0.4, 0.5) is 34.1 Å². The summed E-state index contributed by atoms with van der Waals surface area (Å²) in [5.41, 5.74) is 14.3. The fourth-order valence-electron chi connectivity index (χ4n) is 11.7. The summed E-state index contributed by atoms with van der Waals surface area (Å²) in [4.78, 5) is 5.00. The summed E-state index contributed by atoms with van der Waals surface area (Å²) in [5.74, 6) is 0.674. The maximum Gasteiger partial charge on any atom is 0.0546 e. The van der Waals surface area contributed by atoms with E-state index in [0.29, 0.717) is 11.8 Å². The zero-order valence-electron chi connectivity index (χ0n) is 43.0. The Morgan fingerprint density at radius 1 is 0.276 bits per heavy atom. The number of benzene rings is 12. The standard InChI is InChI=1S/C72H54N2S2/c1-45(2)47-35-37-57-63-44-68(74(52-23-9-6-10-24-52)54-26-16-20-50(40-54)56-30-18-32-62-60-28-12-14-34-70(60)76-72(56)62)66-42-48(46(3)4)36-38-58(66)64(63)43-67(65(57)41-47)73(51-21-7-5-8-22-51)53-25-15-19-49(39-53)55-29-17-31-61-59-27-11-13-33-69(59)75-71(55)61/h5-46H,1-4H3. The van der Waals surface area contributed by atoms with Gasteiger partial charge in [-0.3, -0.25) is 0 Å². The van der Waals surface area contributed by atoms with Crippen molar-refractivity contribution in [2.24, 2.45) is 0 Å². The molecule has 0 amide bonds. The van der Waals surface area contributed by atoms with Crippen LogP contribution in [0.5, 0.6) is 0 Å². The molecule has 0 saturated carbocycles. The third-order valence-electron chi connectivity index (χ3n) is 15.6. The molecule has 0 N–H and O–H groups in total. The molecule has 0 saturated heterocycles. The first-order valence-corrected chi connectivity index (χ1v) is 28.2. The molecule has 0 spiro atoms. The molecule has 0 aliphatic heterocycles. The molecule has 12 aromatic carbocycles. The fraction of sp³-hybridized carbons (Fsp3) is 0.0833. The van der Waals surface area contributed by atoms with Crippen LogP contribution in [0.1, 0.15) is 50.7 Å². The molecular weight excluding hydrogens is 957 g/mol. The number of hydrogen-bond donors (Lipinski definition) is 0. The molecule has 0 radical (unpaired) electrons. The second-order valence-corrected chi connectivity index (χ2v) is 22.9. The van der Waals surface area contributed by atoms with Crippen molar-refractivity contribution in [2.45, 2.75) is 39.5 Å². The first kappa shape index (κ1) is 46.0. The first-order valence-electron chi connectivity index (χ1n) is 26.5. The van der Waals surface area contributed by atoms with Crippen LogP contribution in [0.3, 0.4) is 0 Å². The van der Waals surface area contributed by atoms with E-state index < -0.39 is 0 Å². The van der Waals surface area contributed by atoms with E-state index in [9.17, 15) is 0 Å². The van der Waals surface area contributed by atoms with Gasteiger partial charge < -0.3 is 9.80 Å². The van der Waals surface area contributed by atoms with Crippen LogP contribution in [-0.2, 0) is 0 Å². The minimum Gasteiger partial charge on any atom is -0.310 e. The second kappa shape index (κ2) is 18.7. The normalized spacial score (nSPS) is 11.9. The van der Waals surface area contributed by atoms with Crippen LogP contribution in [0.2, 0.25) is 0 Å². The van der Waals surface area contributed by atoms with Gasteiger partial charge in [-0.05, 0) is 152 Å². The third kappa shape index (κ3) is 7.74. The van der Waals surface area contributed by atoms with Crippen LogP contribution in [0.15, 0.2) is 243 Å². The fourth-order valence-corrected chi connectivity index (χ4v) is 14.2. The Morgan fingerprint density at radius 2 is 0.658 bits per heavy atom. The molecule has 0 unspecified atom stereocenters.